The third-order valence-corrected chi connectivity index (χ3v) is 2.93. The van der Waals surface area contributed by atoms with Gasteiger partial charge in [-0.3, -0.25) is 0 Å². The molecule has 0 saturated heterocycles. The molecule has 0 N–H and O–H groups in total. The Bertz CT molecular complexity index is 352. The molecular formula is C14H16N2. The molecule has 82 valence electrons. The molecule has 2 nitrogen and oxygen atoms in total. The Morgan fingerprint density at radius 3 is 1.94 bits per heavy atom. The van der Waals surface area contributed by atoms with Gasteiger partial charge in [-0.1, -0.05) is 49.6 Å². The minimum Gasteiger partial charge on any atom is -0.181 e. The van der Waals surface area contributed by atoms with Crippen LogP contribution in [0.2, 0.25) is 0 Å². The molecule has 1 aliphatic carbocycles. The van der Waals surface area contributed by atoms with E-state index >= 15 is 0 Å². The molecule has 1 fully saturated rings. The molecule has 1 aliphatic rings. The van der Waals surface area contributed by atoms with Gasteiger partial charge in [0.15, 0.2) is 12.1 Å². The van der Waals surface area contributed by atoms with E-state index in [0.717, 1.165) is 5.92 Å². The van der Waals surface area contributed by atoms with E-state index in [1.54, 1.807) is 5.56 Å². The fourth-order valence-electron chi connectivity index (χ4n) is 2.16. The van der Waals surface area contributed by atoms with Crippen molar-refractivity contribution in [1.29, 1.82) is 10.5 Å². The van der Waals surface area contributed by atoms with Crippen LogP contribution in [0.15, 0.2) is 30.3 Å². The largest absolute Gasteiger partial charge is 0.181 e. The first kappa shape index (κ1) is 12.3. The van der Waals surface area contributed by atoms with Crippen LogP contribution in [-0.4, -0.2) is 0 Å². The van der Waals surface area contributed by atoms with Gasteiger partial charge in [-0.05, 0) is 24.3 Å². The van der Waals surface area contributed by atoms with E-state index in [4.69, 9.17) is 10.5 Å². The number of nitrogens with zero attached hydrogens (tertiary/aromatic N) is 2. The fourth-order valence-corrected chi connectivity index (χ4v) is 2.16. The highest BCUT2D eigenvalue weighted by atomic mass is 14.3. The molecule has 2 rings (SSSR count). The van der Waals surface area contributed by atoms with E-state index in [0.29, 0.717) is 0 Å². The van der Waals surface area contributed by atoms with Crippen molar-refractivity contribution in [1.82, 2.24) is 0 Å². The van der Waals surface area contributed by atoms with Gasteiger partial charge in [-0.2, -0.15) is 10.5 Å². The molecule has 0 aliphatic heterocycles. The van der Waals surface area contributed by atoms with E-state index < -0.39 is 0 Å². The topological polar surface area (TPSA) is 47.6 Å². The van der Waals surface area contributed by atoms with Gasteiger partial charge in [0, 0.05) is 0 Å². The Labute approximate surface area is 97.1 Å². The third-order valence-electron chi connectivity index (χ3n) is 2.93. The summed E-state index contributed by atoms with van der Waals surface area (Å²) in [5, 5.41) is 14.5. The van der Waals surface area contributed by atoms with Crippen LogP contribution in [0.5, 0.6) is 0 Å². The first-order valence-electron chi connectivity index (χ1n) is 5.71. The van der Waals surface area contributed by atoms with Crippen molar-refractivity contribution in [3.8, 4) is 12.1 Å². The van der Waals surface area contributed by atoms with Crippen molar-refractivity contribution in [3.05, 3.63) is 35.9 Å². The maximum absolute atomic E-state index is 7.26. The highest BCUT2D eigenvalue weighted by Gasteiger charge is 2.14. The lowest BCUT2D eigenvalue weighted by molar-refractivity contribution is 0.443. The number of hydrogen-bond acceptors (Lipinski definition) is 2. The van der Waals surface area contributed by atoms with Crippen LogP contribution in [0, 0.1) is 22.7 Å². The number of rotatable bonds is 1. The van der Waals surface area contributed by atoms with Crippen LogP contribution in [0.1, 0.15) is 43.6 Å². The summed E-state index contributed by atoms with van der Waals surface area (Å²) in [5.41, 5.74) is 1.55. The van der Waals surface area contributed by atoms with Gasteiger partial charge >= 0.3 is 0 Å². The zero-order chi connectivity index (χ0) is 11.6. The number of nitriles is 2. The molecule has 2 heteroatoms. The summed E-state index contributed by atoms with van der Waals surface area (Å²) in [6.45, 7) is 0. The van der Waals surface area contributed by atoms with Crippen molar-refractivity contribution in [3.63, 3.8) is 0 Å². The molecule has 1 saturated carbocycles. The smallest absolute Gasteiger partial charge is 0.181 e. The quantitative estimate of drug-likeness (QED) is 0.711. The summed E-state index contributed by atoms with van der Waals surface area (Å²) < 4.78 is 0. The van der Waals surface area contributed by atoms with Crippen LogP contribution >= 0.6 is 0 Å². The predicted octanol–water partition coefficient (Wildman–Crippen LogP) is 3.77. The minimum atomic E-state index is 0.861. The van der Waals surface area contributed by atoms with Gasteiger partial charge in [-0.25, -0.2) is 0 Å². The molecule has 0 aromatic heterocycles. The second-order valence-electron chi connectivity index (χ2n) is 3.97. The van der Waals surface area contributed by atoms with Gasteiger partial charge in [0.1, 0.15) is 0 Å². The summed E-state index contributed by atoms with van der Waals surface area (Å²) in [7, 11) is 0. The summed E-state index contributed by atoms with van der Waals surface area (Å²) in [6, 6.07) is 13.4. The first-order valence-corrected chi connectivity index (χ1v) is 5.71. The van der Waals surface area contributed by atoms with E-state index in [1.165, 1.54) is 44.2 Å². The molecular weight excluding hydrogens is 196 g/mol. The van der Waals surface area contributed by atoms with E-state index in [2.05, 4.69) is 30.3 Å². The lowest BCUT2D eigenvalue weighted by atomic mass is 9.84. The molecule has 0 bridgehead atoms. The van der Waals surface area contributed by atoms with Gasteiger partial charge in [0.25, 0.3) is 0 Å². The maximum atomic E-state index is 7.26. The molecule has 0 radical (unpaired) electrons. The van der Waals surface area contributed by atoms with E-state index in [9.17, 15) is 0 Å². The van der Waals surface area contributed by atoms with Crippen molar-refractivity contribution < 1.29 is 0 Å². The second kappa shape index (κ2) is 7.49. The average Bonchev–Trinajstić information content (AvgIpc) is 2.41. The molecule has 0 spiro atoms. The van der Waals surface area contributed by atoms with Crippen molar-refractivity contribution in [2.75, 3.05) is 0 Å². The minimum absolute atomic E-state index is 0.861. The Balaban J connectivity index is 0.000000280. The molecule has 1 aromatic carbocycles. The molecule has 16 heavy (non-hydrogen) atoms. The van der Waals surface area contributed by atoms with Gasteiger partial charge in [-0.15, -0.1) is 0 Å². The predicted molar refractivity (Wildman–Crippen MR) is 63.5 cm³/mol. The average molecular weight is 212 g/mol. The molecule has 0 heterocycles. The third kappa shape index (κ3) is 4.15. The van der Waals surface area contributed by atoms with Crippen LogP contribution in [0.4, 0.5) is 0 Å². The zero-order valence-electron chi connectivity index (χ0n) is 9.39. The lowest BCUT2D eigenvalue weighted by Crippen LogP contribution is -2.03. The fraction of sp³-hybridized carbons (Fsp3) is 0.429. The second-order valence-corrected chi connectivity index (χ2v) is 3.97. The molecule has 1 aromatic rings. The maximum Gasteiger partial charge on any atom is 0.181 e. The van der Waals surface area contributed by atoms with E-state index in [-0.39, 0.29) is 0 Å². The van der Waals surface area contributed by atoms with Gasteiger partial charge in [0.2, 0.25) is 0 Å². The first-order chi connectivity index (χ1) is 7.88. The van der Waals surface area contributed by atoms with Crippen LogP contribution in [0.25, 0.3) is 0 Å². The van der Waals surface area contributed by atoms with E-state index in [1.807, 2.05) is 0 Å². The van der Waals surface area contributed by atoms with Crippen molar-refractivity contribution in [2.45, 2.75) is 38.0 Å². The van der Waals surface area contributed by atoms with Crippen LogP contribution in [0.3, 0.4) is 0 Å². The molecule has 0 unspecified atom stereocenters. The van der Waals surface area contributed by atoms with Crippen molar-refractivity contribution >= 4 is 0 Å². The highest BCUT2D eigenvalue weighted by Crippen LogP contribution is 2.31. The molecule has 0 amide bonds. The monoisotopic (exact) mass is 212 g/mol. The van der Waals surface area contributed by atoms with Gasteiger partial charge < -0.3 is 0 Å². The van der Waals surface area contributed by atoms with Crippen LogP contribution in [-0.2, 0) is 0 Å². The summed E-state index contributed by atoms with van der Waals surface area (Å²) in [4.78, 5) is 0. The zero-order valence-corrected chi connectivity index (χ0v) is 9.39. The SMILES string of the molecule is N#CC#N.c1ccc(C2CCCCC2)cc1. The lowest BCUT2D eigenvalue weighted by Gasteiger charge is -2.21. The van der Waals surface area contributed by atoms with Crippen molar-refractivity contribution in [2.24, 2.45) is 0 Å². The summed E-state index contributed by atoms with van der Waals surface area (Å²) in [5.74, 6) is 0.861. The number of hydrogen-bond donors (Lipinski definition) is 0. The van der Waals surface area contributed by atoms with Gasteiger partial charge in [0.05, 0.1) is 0 Å². The Hall–Kier alpha value is -1.80. The summed E-state index contributed by atoms with van der Waals surface area (Å²) >= 11 is 0. The summed E-state index contributed by atoms with van der Waals surface area (Å²) in [6.07, 6.45) is 7.12. The normalized spacial score (nSPS) is 15.1. The van der Waals surface area contributed by atoms with Crippen LogP contribution < -0.4 is 0 Å². The Kier molecular flexibility index (Phi) is 5.74. The molecule has 0 atom stereocenters. The number of benzene rings is 1. The highest BCUT2D eigenvalue weighted by molar-refractivity contribution is 5.19. The Morgan fingerprint density at radius 1 is 0.875 bits per heavy atom. The standard InChI is InChI=1S/C12H16.C2N2/c1-3-7-11(8-4-1)12-9-5-2-6-10-12;3-1-2-4/h1,3-4,7-8,12H,2,5-6,9-10H2;. The Morgan fingerprint density at radius 2 is 1.44 bits per heavy atom.